The molecule has 4 saturated heterocycles. The summed E-state index contributed by atoms with van der Waals surface area (Å²) in [7, 11) is 9.72. The van der Waals surface area contributed by atoms with E-state index in [-0.39, 0.29) is 123 Å². The highest BCUT2D eigenvalue weighted by Crippen LogP contribution is 2.39. The van der Waals surface area contributed by atoms with Crippen LogP contribution in [0.4, 0.5) is 80.8 Å². The zero-order valence-electron chi connectivity index (χ0n) is 86.0. The second kappa shape index (κ2) is 46.8. The Morgan fingerprint density at radius 2 is 0.712 bits per heavy atom. The van der Waals surface area contributed by atoms with Gasteiger partial charge in [-0.2, -0.15) is 20.4 Å². The minimum atomic E-state index is -0.676. The molecule has 15 heterocycles. The van der Waals surface area contributed by atoms with E-state index in [0.29, 0.717) is 94.0 Å². The third-order valence-corrected chi connectivity index (χ3v) is 27.0. The number of nitrogens with zero attached hydrogens (tertiary/aromatic N) is 25. The fourth-order valence-corrected chi connectivity index (χ4v) is 18.6. The minimum Gasteiger partial charge on any atom is -0.378 e. The van der Waals surface area contributed by atoms with Crippen LogP contribution in [-0.2, 0) is 46.1 Å². The lowest BCUT2D eigenvalue weighted by Crippen LogP contribution is -2.54. The molecule has 8 atom stereocenters. The number of hydrogen-bond donors (Lipinski definition) is 12. The second-order valence-electron chi connectivity index (χ2n) is 38.6. The number of benzene rings is 1. The van der Waals surface area contributed by atoms with Gasteiger partial charge in [-0.15, -0.1) is 0 Å². The molecule has 4 fully saturated rings. The third-order valence-electron chi connectivity index (χ3n) is 27.0. The first kappa shape index (κ1) is 106. The van der Waals surface area contributed by atoms with E-state index in [1.54, 1.807) is 86.8 Å². The molecule has 8 amide bonds. The fraction of sp³-hybridized carbons (Fsp3) is 0.446. The van der Waals surface area contributed by atoms with Crippen molar-refractivity contribution in [3.05, 3.63) is 203 Å². The van der Waals surface area contributed by atoms with Gasteiger partial charge in [0.25, 0.3) is 47.3 Å². The number of carbonyl (C=O) groups excluding carboxylic acids is 8. The van der Waals surface area contributed by atoms with E-state index in [9.17, 15) is 38.4 Å². The first-order valence-electron chi connectivity index (χ1n) is 49.5. The molecule has 0 saturated carbocycles. The van der Waals surface area contributed by atoms with Crippen LogP contribution in [0, 0.1) is 5.41 Å². The Labute approximate surface area is 848 Å². The van der Waals surface area contributed by atoms with E-state index in [1.807, 2.05) is 154 Å². The lowest BCUT2D eigenvalue weighted by atomic mass is 9.90. The molecule has 45 heteroatoms. The van der Waals surface area contributed by atoms with Crippen LogP contribution in [0.25, 0.3) is 0 Å². The number of aryl methyl sites for hydroxylation is 4. The van der Waals surface area contributed by atoms with Crippen molar-refractivity contribution >= 4 is 128 Å². The van der Waals surface area contributed by atoms with Crippen molar-refractivity contribution in [3.8, 4) is 0 Å². The number of aromatic nitrogens is 19. The Hall–Kier alpha value is -16.3. The van der Waals surface area contributed by atoms with Crippen molar-refractivity contribution in [2.45, 2.75) is 228 Å². The molecule has 0 unspecified atom stereocenters. The fourth-order valence-electron chi connectivity index (χ4n) is 18.6. The van der Waals surface area contributed by atoms with Gasteiger partial charge in [0.2, 0.25) is 0 Å². The number of primary amides is 4. The van der Waals surface area contributed by atoms with Crippen LogP contribution >= 0.6 is 0 Å². The number of pyridine rings is 2. The van der Waals surface area contributed by atoms with Gasteiger partial charge in [0, 0.05) is 196 Å². The van der Waals surface area contributed by atoms with E-state index in [1.165, 1.54) is 11.3 Å². The quantitative estimate of drug-likeness (QED) is 0.0192. The molecule has 0 spiro atoms. The van der Waals surface area contributed by atoms with E-state index in [0.717, 1.165) is 114 Å². The highest BCUT2D eigenvalue weighted by atomic mass is 16.2. The number of nitrogens with one attached hydrogen (secondary N) is 8. The van der Waals surface area contributed by atoms with Gasteiger partial charge < -0.3 is 99.4 Å². The van der Waals surface area contributed by atoms with Gasteiger partial charge in [-0.25, -0.2) is 44.9 Å². The van der Waals surface area contributed by atoms with Crippen LogP contribution < -0.4 is 94.9 Å². The maximum Gasteiger partial charge on any atom is 0.271 e. The lowest BCUT2D eigenvalue weighted by Gasteiger charge is -2.40. The molecule has 17 rings (SSSR count). The molecule has 1 aliphatic carbocycles. The summed E-state index contributed by atoms with van der Waals surface area (Å²) in [6.07, 6.45) is 32.2. The van der Waals surface area contributed by atoms with Crippen molar-refractivity contribution in [1.82, 2.24) is 115 Å². The summed E-state index contributed by atoms with van der Waals surface area (Å²) < 4.78 is 9.10. The highest BCUT2D eigenvalue weighted by molar-refractivity contribution is 6.00. The highest BCUT2D eigenvalue weighted by Gasteiger charge is 2.39. The summed E-state index contributed by atoms with van der Waals surface area (Å²) in [5.74, 6) is 1.43. The summed E-state index contributed by atoms with van der Waals surface area (Å²) in [5.41, 5.74) is 32.3. The molecule has 0 bridgehead atoms. The standard InChI is InChI=1S/C27H37N9O2.2C25H33N9O2.C24H32N10O2/c1-6-35-15-18(13-30-35)31-25-23(24(28)37)29-14-22(33-25)36-9-7-8-19(16(36)2)32-26(38)20-10-17-11-27(3,4)12-21(17)34(20)5;1-5-33-15-18(13-28-33)29-24-22(23(26)35)27-14-21(31-24)34-12-6-7-20(16(34)2)30-25(36)17-8-10-19(11-9-17)32(3)4;1-5-33-14-18(12-29-33)30-24-22(23(26)35)28-13-21(32-24)34-10-6-7-20(16(34)4)31-25(36)17-8-9-19(15(2)3)27-11-17;1-5-33-14-17(12-28-33)29-23-21(22(25)35)27-13-20(31-23)34-10-6-7-18(15(34)2)30-24(36)16-8-9-19(26-11-16)32(3)4/h10,13-16,19H,6-9,11-12H2,1-5H3,(H2,28,37)(H,31,33)(H,32,38);8-11,13-16,20H,5-7,12H2,1-4H3,(H2,26,35)(H,29,31)(H,30,36);8-9,11-16,20H,5-7,10H2,1-4H3,(H2,26,35)(H,30,32)(H,31,36);8-9,11-15,18H,5-7,10H2,1-4H3,(H2,25,35)(H,29,31)(H,30,36)/t16-,19-;2*16-,20-;15-,18-/m1111/s1. The minimum absolute atomic E-state index is 0.0248. The Morgan fingerprint density at radius 1 is 0.397 bits per heavy atom. The molecule has 45 nitrogen and oxygen atoms in total. The Kier molecular flexibility index (Phi) is 33.9. The molecule has 4 aliphatic heterocycles. The molecule has 16 N–H and O–H groups in total. The Balaban J connectivity index is 0.000000154. The predicted octanol–water partition coefficient (Wildman–Crippen LogP) is 9.80. The molecule has 1 aromatic carbocycles. The van der Waals surface area contributed by atoms with Crippen LogP contribution in [0.3, 0.4) is 0 Å². The SMILES string of the molecule is CCn1cc(Nc2nc(N3CCC[C@@H](NC(=O)c4cc5c(n4C)CC(C)(C)C5)[C@H]3C)cnc2C(N)=O)cn1.CCn1cc(Nc2nc(N3CCC[C@@H](NC(=O)c4ccc(C(C)C)nc4)[C@H]3C)cnc2C(N)=O)cn1.CCn1cc(Nc2nc(N3CCC[C@@H](NC(=O)c4ccc(N(C)C)cc4)[C@H]3C)cnc2C(N)=O)cn1.CCn1cc(Nc2nc(N3CCC[C@@H](NC(=O)c4ccc(N(C)C)nc4)[C@H]3C)cnc2C(N)=O)cn1. The van der Waals surface area contributed by atoms with Crippen LogP contribution in [0.15, 0.2) is 141 Å². The van der Waals surface area contributed by atoms with Crippen molar-refractivity contribution in [2.24, 2.45) is 35.4 Å². The first-order chi connectivity index (χ1) is 69.8. The van der Waals surface area contributed by atoms with Gasteiger partial charge in [-0.3, -0.25) is 62.1 Å². The molecule has 772 valence electrons. The number of rotatable bonds is 31. The van der Waals surface area contributed by atoms with Crippen molar-refractivity contribution < 1.29 is 38.4 Å². The largest absolute Gasteiger partial charge is 0.378 e. The third kappa shape index (κ3) is 25.5. The summed E-state index contributed by atoms with van der Waals surface area (Å²) in [6.45, 7) is 30.7. The molecule has 12 aromatic rings. The summed E-state index contributed by atoms with van der Waals surface area (Å²) in [6, 6.07) is 16.4. The maximum atomic E-state index is 13.3. The molecular formula is C101H135N37O8. The van der Waals surface area contributed by atoms with E-state index in [4.69, 9.17) is 32.9 Å². The normalized spacial score (nSPS) is 18.3. The molecule has 5 aliphatic rings. The van der Waals surface area contributed by atoms with Crippen LogP contribution in [0.2, 0.25) is 0 Å². The number of amides is 8. The summed E-state index contributed by atoms with van der Waals surface area (Å²) in [4.78, 5) is 157. The van der Waals surface area contributed by atoms with Gasteiger partial charge >= 0.3 is 0 Å². The Bertz CT molecular complexity index is 6150. The van der Waals surface area contributed by atoms with Gasteiger partial charge in [0.15, 0.2) is 46.0 Å². The zero-order chi connectivity index (χ0) is 105. The van der Waals surface area contributed by atoms with Crippen molar-refractivity contribution in [1.29, 1.82) is 0 Å². The van der Waals surface area contributed by atoms with Gasteiger partial charge in [-0.05, 0) is 191 Å². The van der Waals surface area contributed by atoms with E-state index in [2.05, 4.69) is 175 Å². The lowest BCUT2D eigenvalue weighted by molar-refractivity contribution is 0.0909. The molecule has 0 radical (unpaired) electrons. The van der Waals surface area contributed by atoms with Gasteiger partial charge in [-0.1, -0.05) is 27.7 Å². The first-order valence-corrected chi connectivity index (χ1v) is 49.5. The van der Waals surface area contributed by atoms with Crippen LogP contribution in [-0.4, -0.2) is 243 Å². The maximum absolute atomic E-state index is 13.3. The van der Waals surface area contributed by atoms with Crippen molar-refractivity contribution in [2.75, 3.05) is 105 Å². The van der Waals surface area contributed by atoms with Crippen LogP contribution in [0.5, 0.6) is 0 Å². The van der Waals surface area contributed by atoms with Crippen LogP contribution in [0.1, 0.15) is 241 Å². The summed E-state index contributed by atoms with van der Waals surface area (Å²) >= 11 is 0. The smallest absolute Gasteiger partial charge is 0.271 e. The monoisotopic (exact) mass is 1990 g/mol. The van der Waals surface area contributed by atoms with E-state index >= 15 is 0 Å². The van der Waals surface area contributed by atoms with Gasteiger partial charge in [0.1, 0.15) is 34.8 Å². The second-order valence-corrected chi connectivity index (χ2v) is 38.6. The number of fused-ring (bicyclic) bond motifs is 1. The Morgan fingerprint density at radius 3 is 0.986 bits per heavy atom. The molecule has 11 aromatic heterocycles. The van der Waals surface area contributed by atoms with E-state index < -0.39 is 23.6 Å². The number of carbonyl (C=O) groups is 8. The van der Waals surface area contributed by atoms with Crippen molar-refractivity contribution in [3.63, 3.8) is 0 Å². The predicted molar refractivity (Wildman–Crippen MR) is 560 cm³/mol. The zero-order valence-corrected chi connectivity index (χ0v) is 86.0. The topological polar surface area (TPSA) is 561 Å². The number of anilines is 14. The number of hydrogen-bond acceptors (Lipinski definition) is 32. The average Bonchev–Trinajstić information content (AvgIpc) is 1.60. The molecular weight excluding hydrogens is 1860 g/mol. The number of piperidine rings is 4. The summed E-state index contributed by atoms with van der Waals surface area (Å²) in [5, 5.41) is 42.2. The molecule has 146 heavy (non-hydrogen) atoms. The average molecular weight is 2000 g/mol. The number of nitrogens with two attached hydrogens (primary N) is 4. The van der Waals surface area contributed by atoms with Gasteiger partial charge in [0.05, 0.1) is 83.5 Å².